The summed E-state index contributed by atoms with van der Waals surface area (Å²) in [4.78, 5) is 0. The molecule has 0 aliphatic heterocycles. The Bertz CT molecular complexity index is 456. The second kappa shape index (κ2) is 7.10. The van der Waals surface area contributed by atoms with E-state index >= 15 is 0 Å². The Balaban J connectivity index is 1.72. The molecule has 0 radical (unpaired) electrons. The van der Waals surface area contributed by atoms with Crippen LogP contribution in [0, 0.1) is 0 Å². The van der Waals surface area contributed by atoms with E-state index in [0.29, 0.717) is 15.0 Å². The molecule has 0 unspecified atom stereocenters. The van der Waals surface area contributed by atoms with Gasteiger partial charge in [0.1, 0.15) is 0 Å². The van der Waals surface area contributed by atoms with Crippen LogP contribution in [0.25, 0.3) is 0 Å². The summed E-state index contributed by atoms with van der Waals surface area (Å²) in [5.41, 5.74) is 3.64. The van der Waals surface area contributed by atoms with Crippen molar-refractivity contribution in [1.29, 1.82) is 0 Å². The van der Waals surface area contributed by atoms with Crippen molar-refractivity contribution in [2.75, 3.05) is 17.9 Å². The van der Waals surface area contributed by atoms with Crippen molar-refractivity contribution in [3.8, 4) is 5.75 Å². The molecule has 2 rings (SSSR count). The molecule has 0 spiro atoms. The number of para-hydroxylation sites is 1. The summed E-state index contributed by atoms with van der Waals surface area (Å²) < 4.78 is 5.15. The van der Waals surface area contributed by atoms with Crippen molar-refractivity contribution >= 4 is 20.6 Å². The summed E-state index contributed by atoms with van der Waals surface area (Å²) in [5, 5.41) is 4.59. The van der Waals surface area contributed by atoms with E-state index in [4.69, 9.17) is 4.74 Å². The van der Waals surface area contributed by atoms with Crippen molar-refractivity contribution in [3.05, 3.63) is 60.2 Å². The van der Waals surface area contributed by atoms with Crippen LogP contribution in [0.3, 0.4) is 0 Å². The molecule has 0 heterocycles. The van der Waals surface area contributed by atoms with Crippen molar-refractivity contribution in [2.45, 2.75) is 5.32 Å². The van der Waals surface area contributed by atoms with Crippen LogP contribution in [0.4, 0.5) is 5.69 Å². The van der Waals surface area contributed by atoms with Crippen LogP contribution in [-0.2, 0) is 5.32 Å². The number of methoxy groups -OCH3 is 1. The Hall–Kier alpha value is -1.44. The Morgan fingerprint density at radius 3 is 2.39 bits per heavy atom. The molecule has 18 heavy (non-hydrogen) atoms. The zero-order valence-corrected chi connectivity index (χ0v) is 12.1. The minimum atomic E-state index is 0.574. The third-order valence-corrected chi connectivity index (χ3v) is 4.44. The second-order valence-corrected chi connectivity index (χ2v) is 5.95. The summed E-state index contributed by atoms with van der Waals surface area (Å²) >= 11 is 0.574. The van der Waals surface area contributed by atoms with Crippen molar-refractivity contribution < 1.29 is 4.74 Å². The van der Waals surface area contributed by atoms with Gasteiger partial charge in [-0.1, -0.05) is 0 Å². The zero-order valence-electron chi connectivity index (χ0n) is 10.4. The molecule has 3 heteroatoms. The first-order valence-electron chi connectivity index (χ1n) is 5.88. The first-order chi connectivity index (χ1) is 8.88. The summed E-state index contributed by atoms with van der Waals surface area (Å²) in [5.74, 6) is 0.925. The summed E-state index contributed by atoms with van der Waals surface area (Å²) in [6.45, 7) is 0. The number of anilines is 1. The van der Waals surface area contributed by atoms with Crippen LogP contribution in [0.2, 0.25) is 0 Å². The number of hydrogen-bond acceptors (Lipinski definition) is 2. The molecular formula is C15H17NOSe. The van der Waals surface area contributed by atoms with Gasteiger partial charge in [0.05, 0.1) is 0 Å². The maximum absolute atomic E-state index is 5.15. The summed E-state index contributed by atoms with van der Waals surface area (Å²) in [6.07, 6.45) is 0. The molecule has 2 nitrogen and oxygen atoms in total. The molecule has 0 aliphatic carbocycles. The summed E-state index contributed by atoms with van der Waals surface area (Å²) in [7, 11) is 1.70. The SMILES string of the molecule is COc1ccc(C[Se]CNc2ccccc2)cc1. The van der Waals surface area contributed by atoms with Crippen LogP contribution < -0.4 is 10.1 Å². The van der Waals surface area contributed by atoms with E-state index in [9.17, 15) is 0 Å². The van der Waals surface area contributed by atoms with E-state index in [0.717, 1.165) is 16.5 Å². The van der Waals surface area contributed by atoms with Gasteiger partial charge in [0.2, 0.25) is 0 Å². The van der Waals surface area contributed by atoms with Crippen LogP contribution in [0.15, 0.2) is 54.6 Å². The van der Waals surface area contributed by atoms with Gasteiger partial charge < -0.3 is 0 Å². The normalized spacial score (nSPS) is 10.1. The molecule has 0 bridgehead atoms. The van der Waals surface area contributed by atoms with Gasteiger partial charge in [-0.3, -0.25) is 0 Å². The van der Waals surface area contributed by atoms with Crippen LogP contribution in [0.5, 0.6) is 5.75 Å². The van der Waals surface area contributed by atoms with Gasteiger partial charge in [-0.05, 0) is 0 Å². The number of ether oxygens (including phenoxy) is 1. The Kier molecular flexibility index (Phi) is 5.13. The quantitative estimate of drug-likeness (QED) is 0.654. The first-order valence-corrected chi connectivity index (χ1v) is 8.30. The van der Waals surface area contributed by atoms with E-state index in [-0.39, 0.29) is 0 Å². The number of rotatable bonds is 6. The Morgan fingerprint density at radius 1 is 1.00 bits per heavy atom. The van der Waals surface area contributed by atoms with Gasteiger partial charge in [-0.25, -0.2) is 0 Å². The van der Waals surface area contributed by atoms with Crippen molar-refractivity contribution in [1.82, 2.24) is 0 Å². The van der Waals surface area contributed by atoms with Gasteiger partial charge in [0, 0.05) is 0 Å². The van der Waals surface area contributed by atoms with Crippen molar-refractivity contribution in [2.24, 2.45) is 0 Å². The summed E-state index contributed by atoms with van der Waals surface area (Å²) in [6, 6.07) is 18.7. The van der Waals surface area contributed by atoms with Crippen LogP contribution in [0.1, 0.15) is 5.56 Å². The Labute approximate surface area is 115 Å². The zero-order chi connectivity index (χ0) is 12.6. The molecule has 0 saturated heterocycles. The molecule has 1 N–H and O–H groups in total. The monoisotopic (exact) mass is 307 g/mol. The second-order valence-electron chi connectivity index (χ2n) is 3.88. The first kappa shape index (κ1) is 13.0. The fraction of sp³-hybridized carbons (Fsp3) is 0.200. The number of benzene rings is 2. The minimum absolute atomic E-state index is 0.574. The van der Waals surface area contributed by atoms with Gasteiger partial charge in [0.15, 0.2) is 0 Å². The van der Waals surface area contributed by atoms with Crippen LogP contribution >= 0.6 is 0 Å². The van der Waals surface area contributed by atoms with Gasteiger partial charge >= 0.3 is 114 Å². The number of nitrogens with one attached hydrogen (secondary N) is 1. The average Bonchev–Trinajstić information content (AvgIpc) is 2.45. The topological polar surface area (TPSA) is 21.3 Å². The molecule has 0 aromatic heterocycles. The predicted octanol–water partition coefficient (Wildman–Crippen LogP) is 2.97. The van der Waals surface area contributed by atoms with Crippen molar-refractivity contribution in [3.63, 3.8) is 0 Å². The molecule has 94 valence electrons. The Morgan fingerprint density at radius 2 is 1.72 bits per heavy atom. The average molecular weight is 306 g/mol. The third-order valence-electron chi connectivity index (χ3n) is 2.58. The molecule has 0 amide bonds. The maximum atomic E-state index is 5.15. The van der Waals surface area contributed by atoms with E-state index < -0.39 is 0 Å². The molecule has 0 aliphatic rings. The fourth-order valence-corrected chi connectivity index (χ4v) is 3.26. The van der Waals surface area contributed by atoms with E-state index in [1.165, 1.54) is 11.3 Å². The molecular weight excluding hydrogens is 289 g/mol. The molecule has 0 fully saturated rings. The van der Waals surface area contributed by atoms with Gasteiger partial charge in [-0.15, -0.1) is 0 Å². The predicted molar refractivity (Wildman–Crippen MR) is 77.4 cm³/mol. The molecule has 2 aromatic rings. The van der Waals surface area contributed by atoms with E-state index in [1.54, 1.807) is 7.11 Å². The molecule has 0 atom stereocenters. The van der Waals surface area contributed by atoms with Gasteiger partial charge in [-0.2, -0.15) is 0 Å². The molecule has 2 aromatic carbocycles. The van der Waals surface area contributed by atoms with E-state index in [1.807, 2.05) is 18.2 Å². The third kappa shape index (κ3) is 4.10. The van der Waals surface area contributed by atoms with Gasteiger partial charge in [0.25, 0.3) is 0 Å². The van der Waals surface area contributed by atoms with E-state index in [2.05, 4.69) is 41.7 Å². The fourth-order valence-electron chi connectivity index (χ4n) is 1.58. The standard InChI is InChI=1S/C15H17NOSe/c1-17-15-9-7-13(8-10-15)11-18-12-16-14-5-3-2-4-6-14/h2-10,16H,11-12H2,1H3. The van der Waals surface area contributed by atoms with Crippen LogP contribution in [-0.4, -0.2) is 27.5 Å². The molecule has 0 saturated carbocycles. The number of hydrogen-bond donors (Lipinski definition) is 1.